The molecule has 2 aromatic rings. The molecule has 0 saturated carbocycles. The molecule has 0 atom stereocenters. The van der Waals surface area contributed by atoms with Gasteiger partial charge in [0.2, 0.25) is 21.0 Å². The summed E-state index contributed by atoms with van der Waals surface area (Å²) in [7, 11) is -1.16. The maximum absolute atomic E-state index is 6.08. The Morgan fingerprint density at radius 1 is 0.833 bits per heavy atom. The molecular formula is C12H14O3PSi2+. The first-order chi connectivity index (χ1) is 8.80. The van der Waals surface area contributed by atoms with Crippen molar-refractivity contribution in [2.24, 2.45) is 0 Å². The van der Waals surface area contributed by atoms with E-state index in [-0.39, 0.29) is 0 Å². The number of benzene rings is 2. The zero-order chi connectivity index (χ0) is 12.6. The summed E-state index contributed by atoms with van der Waals surface area (Å²) in [6.07, 6.45) is 0. The minimum atomic E-state index is -2.35. The molecule has 3 nitrogen and oxygen atoms in total. The van der Waals surface area contributed by atoms with Gasteiger partial charge in [0.05, 0.1) is 0 Å². The average Bonchev–Trinajstić information content (AvgIpc) is 2.46. The van der Waals surface area contributed by atoms with E-state index in [0.29, 0.717) is 21.0 Å². The summed E-state index contributed by atoms with van der Waals surface area (Å²) in [4.78, 5) is 0. The summed E-state index contributed by atoms with van der Waals surface area (Å²) in [6.45, 7) is 0. The second-order valence-electron chi connectivity index (χ2n) is 3.97. The van der Waals surface area contributed by atoms with E-state index in [9.17, 15) is 0 Å². The molecule has 0 unspecified atom stereocenters. The predicted octanol–water partition coefficient (Wildman–Crippen LogP) is 0.728. The van der Waals surface area contributed by atoms with Crippen LogP contribution in [0.3, 0.4) is 0 Å². The third kappa shape index (κ3) is 1.67. The first-order valence-electron chi connectivity index (χ1n) is 5.70. The molecular weight excluding hydrogens is 279 g/mol. The largest absolute Gasteiger partial charge is 0.469 e. The van der Waals surface area contributed by atoms with Crippen LogP contribution in [0.25, 0.3) is 11.1 Å². The molecule has 92 valence electrons. The Morgan fingerprint density at radius 3 is 2.17 bits per heavy atom. The first kappa shape index (κ1) is 12.1. The molecule has 0 amide bonds. The molecule has 0 aromatic heterocycles. The maximum atomic E-state index is 6.08. The van der Waals surface area contributed by atoms with E-state index in [1.807, 2.05) is 30.3 Å². The monoisotopic (exact) mass is 293 g/mol. The van der Waals surface area contributed by atoms with Crippen molar-refractivity contribution in [3.05, 3.63) is 48.5 Å². The molecule has 0 N–H and O–H groups in total. The van der Waals surface area contributed by atoms with Crippen LogP contribution >= 0.6 is 7.94 Å². The molecule has 1 aliphatic rings. The van der Waals surface area contributed by atoms with Gasteiger partial charge in [0.25, 0.3) is 0 Å². The molecule has 0 radical (unpaired) electrons. The lowest BCUT2D eigenvalue weighted by molar-refractivity contribution is 0.396. The van der Waals surface area contributed by atoms with Crippen LogP contribution in [0.5, 0.6) is 5.75 Å². The van der Waals surface area contributed by atoms with Gasteiger partial charge in [0.15, 0.2) is 11.1 Å². The molecule has 6 heteroatoms. The van der Waals surface area contributed by atoms with Crippen LogP contribution in [0, 0.1) is 0 Å². The standard InChI is InChI=1S/C12H14O3PSi2/c17-14-16(15-18)12-8-4-2-6-10(12)9-5-1-3-7-11(9)13-16/h1-8H,17-18H3/q+1. The lowest BCUT2D eigenvalue weighted by atomic mass is 10.0. The fourth-order valence-corrected chi connectivity index (χ4v) is 7.62. The zero-order valence-corrected chi connectivity index (χ0v) is 15.2. The van der Waals surface area contributed by atoms with Crippen LogP contribution in [0.15, 0.2) is 48.5 Å². The molecule has 2 aromatic carbocycles. The highest BCUT2D eigenvalue weighted by molar-refractivity contribution is 7.71. The van der Waals surface area contributed by atoms with Crippen LogP contribution < -0.4 is 9.83 Å². The molecule has 0 fully saturated rings. The Hall–Kier alpha value is -0.976. The summed E-state index contributed by atoms with van der Waals surface area (Å²) in [5, 5.41) is 1.06. The highest BCUT2D eigenvalue weighted by atomic mass is 31.2. The SMILES string of the molecule is [SiH3]O[P+]1(O[SiH3])Oc2ccccc2-c2ccccc21. The normalized spacial score (nSPS) is 21.1. The molecule has 1 aliphatic heterocycles. The van der Waals surface area contributed by atoms with Gasteiger partial charge >= 0.3 is 7.94 Å². The molecule has 0 aliphatic carbocycles. The molecule has 0 saturated heterocycles. The second-order valence-corrected chi connectivity index (χ2v) is 8.55. The van der Waals surface area contributed by atoms with Crippen molar-refractivity contribution >= 4 is 34.2 Å². The Balaban J connectivity index is 2.29. The molecule has 3 rings (SSSR count). The third-order valence-corrected chi connectivity index (χ3v) is 8.34. The van der Waals surface area contributed by atoms with Gasteiger partial charge in [-0.15, -0.1) is 0 Å². The Kier molecular flexibility index (Phi) is 3.09. The van der Waals surface area contributed by atoms with Crippen molar-refractivity contribution in [2.45, 2.75) is 0 Å². The van der Waals surface area contributed by atoms with Crippen LogP contribution in [-0.4, -0.2) is 21.0 Å². The van der Waals surface area contributed by atoms with E-state index in [1.54, 1.807) is 0 Å². The number of hydrogen-bond donors (Lipinski definition) is 0. The van der Waals surface area contributed by atoms with Crippen molar-refractivity contribution in [1.82, 2.24) is 0 Å². The summed E-state index contributed by atoms with van der Waals surface area (Å²) in [6, 6.07) is 16.2. The fourth-order valence-electron chi connectivity index (χ4n) is 2.23. The van der Waals surface area contributed by atoms with Gasteiger partial charge in [0, 0.05) is 11.1 Å². The topological polar surface area (TPSA) is 27.7 Å². The van der Waals surface area contributed by atoms with E-state index >= 15 is 0 Å². The van der Waals surface area contributed by atoms with Crippen LogP contribution in [0.4, 0.5) is 0 Å². The number of fused-ring (bicyclic) bond motifs is 3. The van der Waals surface area contributed by atoms with E-state index < -0.39 is 7.94 Å². The summed E-state index contributed by atoms with van der Waals surface area (Å²) < 4.78 is 17.6. The zero-order valence-electron chi connectivity index (χ0n) is 10.3. The maximum Gasteiger partial charge on any atom is 0.469 e. The van der Waals surface area contributed by atoms with Gasteiger partial charge in [-0.25, -0.2) is 8.43 Å². The first-order valence-corrected chi connectivity index (χ1v) is 8.87. The quantitative estimate of drug-likeness (QED) is 0.603. The van der Waals surface area contributed by atoms with Crippen LogP contribution in [0.1, 0.15) is 0 Å². The van der Waals surface area contributed by atoms with E-state index in [4.69, 9.17) is 12.9 Å². The van der Waals surface area contributed by atoms with Gasteiger partial charge in [0.1, 0.15) is 0 Å². The second kappa shape index (κ2) is 4.61. The van der Waals surface area contributed by atoms with Crippen molar-refractivity contribution in [3.63, 3.8) is 0 Å². The Labute approximate surface area is 113 Å². The Bertz CT molecular complexity index is 587. The predicted molar refractivity (Wildman–Crippen MR) is 81.1 cm³/mol. The summed E-state index contributed by atoms with van der Waals surface area (Å²) >= 11 is 0. The smallest absolute Gasteiger partial charge is 0.282 e. The van der Waals surface area contributed by atoms with E-state index in [2.05, 4.69) is 18.2 Å². The van der Waals surface area contributed by atoms with E-state index in [0.717, 1.165) is 16.6 Å². The molecule has 0 spiro atoms. The summed E-state index contributed by atoms with van der Waals surface area (Å²) in [5.41, 5.74) is 2.28. The van der Waals surface area contributed by atoms with Crippen LogP contribution in [-0.2, 0) is 8.43 Å². The molecule has 18 heavy (non-hydrogen) atoms. The minimum Gasteiger partial charge on any atom is -0.282 e. The third-order valence-electron chi connectivity index (χ3n) is 3.08. The van der Waals surface area contributed by atoms with Crippen LogP contribution in [0.2, 0.25) is 0 Å². The van der Waals surface area contributed by atoms with Crippen molar-refractivity contribution in [3.8, 4) is 16.9 Å². The van der Waals surface area contributed by atoms with Crippen molar-refractivity contribution in [2.75, 3.05) is 0 Å². The Morgan fingerprint density at radius 2 is 1.44 bits per heavy atom. The number of rotatable bonds is 2. The lowest BCUT2D eigenvalue weighted by Crippen LogP contribution is -2.25. The molecule has 0 bridgehead atoms. The number of hydrogen-bond acceptors (Lipinski definition) is 3. The van der Waals surface area contributed by atoms with Gasteiger partial charge in [-0.3, -0.25) is 4.52 Å². The highest BCUT2D eigenvalue weighted by Gasteiger charge is 2.51. The average molecular weight is 293 g/mol. The highest BCUT2D eigenvalue weighted by Crippen LogP contribution is 2.63. The van der Waals surface area contributed by atoms with Gasteiger partial charge in [-0.05, 0) is 18.2 Å². The number of para-hydroxylation sites is 1. The minimum absolute atomic E-state index is 0.596. The lowest BCUT2D eigenvalue weighted by Gasteiger charge is -2.27. The van der Waals surface area contributed by atoms with Crippen molar-refractivity contribution in [1.29, 1.82) is 0 Å². The van der Waals surface area contributed by atoms with Crippen molar-refractivity contribution < 1.29 is 12.9 Å². The van der Waals surface area contributed by atoms with Gasteiger partial charge < -0.3 is 0 Å². The van der Waals surface area contributed by atoms with Gasteiger partial charge in [-0.1, -0.05) is 30.3 Å². The fraction of sp³-hybridized carbons (Fsp3) is 0. The molecule has 1 heterocycles. The summed E-state index contributed by atoms with van der Waals surface area (Å²) in [5.74, 6) is 0.858. The van der Waals surface area contributed by atoms with E-state index in [1.165, 1.54) is 5.56 Å². The van der Waals surface area contributed by atoms with Gasteiger partial charge in [-0.2, -0.15) is 0 Å².